The van der Waals surface area contributed by atoms with E-state index in [1.54, 1.807) is 4.90 Å². The summed E-state index contributed by atoms with van der Waals surface area (Å²) < 4.78 is 0. The molecule has 4 N–H and O–H groups in total. The maximum Gasteiger partial charge on any atom is 0.257 e. The highest BCUT2D eigenvalue weighted by molar-refractivity contribution is 5.97. The molecule has 2 rings (SSSR count). The number of phenols is 2. The van der Waals surface area contributed by atoms with Gasteiger partial charge in [0, 0.05) is 18.6 Å². The first-order chi connectivity index (χ1) is 9.52. The Morgan fingerprint density at radius 2 is 1.95 bits per heavy atom. The molecule has 1 aromatic rings. The van der Waals surface area contributed by atoms with Crippen LogP contribution in [0.15, 0.2) is 18.2 Å². The number of carbonyl (C=O) groups is 1. The molecule has 1 fully saturated rings. The van der Waals surface area contributed by atoms with E-state index in [9.17, 15) is 15.0 Å². The number of carbonyl (C=O) groups excluding carboxylic acids is 1. The van der Waals surface area contributed by atoms with E-state index >= 15 is 0 Å². The summed E-state index contributed by atoms with van der Waals surface area (Å²) in [4.78, 5) is 14.3. The van der Waals surface area contributed by atoms with Gasteiger partial charge in [-0.15, -0.1) is 0 Å². The van der Waals surface area contributed by atoms with Gasteiger partial charge in [0.15, 0.2) is 0 Å². The van der Waals surface area contributed by atoms with Crippen LogP contribution in [0.25, 0.3) is 0 Å². The van der Waals surface area contributed by atoms with Gasteiger partial charge >= 0.3 is 0 Å². The molecular formula is C15H22N2O3. The summed E-state index contributed by atoms with van der Waals surface area (Å²) in [6.07, 6.45) is 3.61. The normalized spacial score (nSPS) is 22.5. The Labute approximate surface area is 119 Å². The molecule has 0 atom stereocenters. The first-order valence-corrected chi connectivity index (χ1v) is 7.11. The number of benzene rings is 1. The molecule has 0 radical (unpaired) electrons. The van der Waals surface area contributed by atoms with E-state index < -0.39 is 0 Å². The van der Waals surface area contributed by atoms with Crippen LogP contribution >= 0.6 is 0 Å². The monoisotopic (exact) mass is 278 g/mol. The summed E-state index contributed by atoms with van der Waals surface area (Å²) in [5.41, 5.74) is 6.05. The molecule has 0 heterocycles. The van der Waals surface area contributed by atoms with Gasteiger partial charge in [0.25, 0.3) is 5.91 Å². The van der Waals surface area contributed by atoms with Gasteiger partial charge < -0.3 is 20.8 Å². The SMILES string of the molecule is CCN(C(=O)c1cc(O)ccc1O)C1CCC(N)CC1. The van der Waals surface area contributed by atoms with Crippen molar-refractivity contribution in [3.05, 3.63) is 23.8 Å². The molecule has 0 aromatic heterocycles. The second-order valence-corrected chi connectivity index (χ2v) is 5.36. The zero-order valence-electron chi connectivity index (χ0n) is 11.7. The molecule has 5 nitrogen and oxygen atoms in total. The Kier molecular flexibility index (Phi) is 4.49. The van der Waals surface area contributed by atoms with Crippen LogP contribution in [0.1, 0.15) is 43.0 Å². The van der Waals surface area contributed by atoms with Crippen molar-refractivity contribution in [3.8, 4) is 11.5 Å². The van der Waals surface area contributed by atoms with Gasteiger partial charge in [-0.3, -0.25) is 4.79 Å². The molecule has 0 aliphatic heterocycles. The van der Waals surface area contributed by atoms with E-state index in [2.05, 4.69) is 0 Å². The molecule has 20 heavy (non-hydrogen) atoms. The first kappa shape index (κ1) is 14.7. The molecule has 5 heteroatoms. The summed E-state index contributed by atoms with van der Waals surface area (Å²) in [7, 11) is 0. The highest BCUT2D eigenvalue weighted by atomic mass is 16.3. The third-order valence-corrected chi connectivity index (χ3v) is 3.99. The average molecular weight is 278 g/mol. The number of phenolic OH excluding ortho intramolecular Hbond substituents is 2. The summed E-state index contributed by atoms with van der Waals surface area (Å²) in [6, 6.07) is 4.41. The van der Waals surface area contributed by atoms with Crippen LogP contribution in [0.3, 0.4) is 0 Å². The predicted octanol–water partition coefficient (Wildman–Crippen LogP) is 1.83. The van der Waals surface area contributed by atoms with E-state index in [0.29, 0.717) is 6.54 Å². The van der Waals surface area contributed by atoms with E-state index in [-0.39, 0.29) is 35.1 Å². The number of hydrogen-bond donors (Lipinski definition) is 3. The van der Waals surface area contributed by atoms with Crippen molar-refractivity contribution < 1.29 is 15.0 Å². The van der Waals surface area contributed by atoms with E-state index in [1.807, 2.05) is 6.92 Å². The largest absolute Gasteiger partial charge is 0.508 e. The van der Waals surface area contributed by atoms with Gasteiger partial charge in [-0.2, -0.15) is 0 Å². The van der Waals surface area contributed by atoms with Crippen LogP contribution in [0, 0.1) is 0 Å². The molecule has 0 saturated heterocycles. The van der Waals surface area contributed by atoms with Crippen LogP contribution in [0.4, 0.5) is 0 Å². The Morgan fingerprint density at radius 3 is 2.55 bits per heavy atom. The highest BCUT2D eigenvalue weighted by Gasteiger charge is 2.28. The molecule has 0 bridgehead atoms. The van der Waals surface area contributed by atoms with Crippen molar-refractivity contribution >= 4 is 5.91 Å². The Balaban J connectivity index is 2.18. The third kappa shape index (κ3) is 3.04. The summed E-state index contributed by atoms with van der Waals surface area (Å²) in [5.74, 6) is -0.354. The summed E-state index contributed by atoms with van der Waals surface area (Å²) in [5, 5.41) is 19.3. The van der Waals surface area contributed by atoms with Gasteiger partial charge in [-0.25, -0.2) is 0 Å². The van der Waals surface area contributed by atoms with E-state index in [4.69, 9.17) is 5.73 Å². The molecule has 1 saturated carbocycles. The minimum absolute atomic E-state index is 0.0205. The standard InChI is InChI=1S/C15H22N2O3/c1-2-17(11-5-3-10(16)4-6-11)15(20)13-9-12(18)7-8-14(13)19/h7-11,18-19H,2-6,16H2,1H3. The predicted molar refractivity (Wildman–Crippen MR) is 76.7 cm³/mol. The van der Waals surface area contributed by atoms with Crippen molar-refractivity contribution in [2.75, 3.05) is 6.54 Å². The molecule has 1 aliphatic rings. The Hall–Kier alpha value is -1.75. The molecule has 0 spiro atoms. The van der Waals surface area contributed by atoms with Crippen molar-refractivity contribution in [3.63, 3.8) is 0 Å². The van der Waals surface area contributed by atoms with Gasteiger partial charge in [-0.05, 0) is 50.8 Å². The Morgan fingerprint density at radius 1 is 1.30 bits per heavy atom. The maximum atomic E-state index is 12.6. The van der Waals surface area contributed by atoms with Crippen LogP contribution < -0.4 is 5.73 Å². The fourth-order valence-corrected chi connectivity index (χ4v) is 2.83. The number of amides is 1. The lowest BCUT2D eigenvalue weighted by atomic mass is 9.90. The van der Waals surface area contributed by atoms with Gasteiger partial charge in [-0.1, -0.05) is 0 Å². The van der Waals surface area contributed by atoms with Gasteiger partial charge in [0.1, 0.15) is 11.5 Å². The minimum atomic E-state index is -0.235. The highest BCUT2D eigenvalue weighted by Crippen LogP contribution is 2.27. The quantitative estimate of drug-likeness (QED) is 0.736. The van der Waals surface area contributed by atoms with Crippen molar-refractivity contribution in [1.29, 1.82) is 0 Å². The number of aromatic hydroxyl groups is 2. The lowest BCUT2D eigenvalue weighted by Crippen LogP contribution is -2.44. The molecule has 1 aliphatic carbocycles. The smallest absolute Gasteiger partial charge is 0.257 e. The zero-order chi connectivity index (χ0) is 14.7. The van der Waals surface area contributed by atoms with E-state index in [1.165, 1.54) is 18.2 Å². The van der Waals surface area contributed by atoms with Crippen molar-refractivity contribution in [2.24, 2.45) is 5.73 Å². The van der Waals surface area contributed by atoms with E-state index in [0.717, 1.165) is 25.7 Å². The molecule has 110 valence electrons. The number of nitrogens with two attached hydrogens (primary N) is 1. The van der Waals surface area contributed by atoms with Gasteiger partial charge in [0.2, 0.25) is 0 Å². The lowest BCUT2D eigenvalue weighted by Gasteiger charge is -2.35. The van der Waals surface area contributed by atoms with Crippen molar-refractivity contribution in [1.82, 2.24) is 4.90 Å². The second kappa shape index (κ2) is 6.13. The maximum absolute atomic E-state index is 12.6. The summed E-state index contributed by atoms with van der Waals surface area (Å²) in [6.45, 7) is 2.50. The average Bonchev–Trinajstić information content (AvgIpc) is 2.44. The summed E-state index contributed by atoms with van der Waals surface area (Å²) >= 11 is 0. The number of nitrogens with zero attached hydrogens (tertiary/aromatic N) is 1. The van der Waals surface area contributed by atoms with Crippen LogP contribution in [-0.2, 0) is 0 Å². The lowest BCUT2D eigenvalue weighted by molar-refractivity contribution is 0.0637. The molecule has 1 amide bonds. The topological polar surface area (TPSA) is 86.8 Å². The molecule has 0 unspecified atom stereocenters. The van der Waals surface area contributed by atoms with Crippen LogP contribution in [-0.4, -0.2) is 39.6 Å². The van der Waals surface area contributed by atoms with Crippen molar-refractivity contribution in [2.45, 2.75) is 44.7 Å². The molecule has 1 aromatic carbocycles. The molecular weight excluding hydrogens is 256 g/mol. The third-order valence-electron chi connectivity index (χ3n) is 3.99. The number of hydrogen-bond acceptors (Lipinski definition) is 4. The fourth-order valence-electron chi connectivity index (χ4n) is 2.83. The zero-order valence-corrected chi connectivity index (χ0v) is 11.7. The van der Waals surface area contributed by atoms with Gasteiger partial charge in [0.05, 0.1) is 5.56 Å². The fraction of sp³-hybridized carbons (Fsp3) is 0.533. The van der Waals surface area contributed by atoms with Crippen LogP contribution in [0.5, 0.6) is 11.5 Å². The minimum Gasteiger partial charge on any atom is -0.508 e. The number of rotatable bonds is 3. The van der Waals surface area contributed by atoms with Crippen LogP contribution in [0.2, 0.25) is 0 Å². The first-order valence-electron chi connectivity index (χ1n) is 7.11. The Bertz CT molecular complexity index is 482. The second-order valence-electron chi connectivity index (χ2n) is 5.36.